The molecule has 0 amide bonds. The van der Waals surface area contributed by atoms with E-state index in [1.807, 2.05) is 57.2 Å². The van der Waals surface area contributed by atoms with E-state index in [1.165, 1.54) is 0 Å². The highest BCUT2D eigenvalue weighted by Crippen LogP contribution is 2.38. The summed E-state index contributed by atoms with van der Waals surface area (Å²) in [6.07, 6.45) is -0.821. The third kappa shape index (κ3) is 5.58. The molecule has 1 heterocycles. The number of hydrogen-bond donors (Lipinski definition) is 1. The van der Waals surface area contributed by atoms with Crippen molar-refractivity contribution in [3.05, 3.63) is 90.3 Å². The second-order valence-corrected chi connectivity index (χ2v) is 14.4. The predicted octanol–water partition coefficient (Wildman–Crippen LogP) is 4.57. The Morgan fingerprint density at radius 2 is 1.33 bits per heavy atom. The van der Waals surface area contributed by atoms with Crippen molar-refractivity contribution in [2.75, 3.05) is 0 Å². The maximum atomic E-state index is 12.6. The van der Waals surface area contributed by atoms with Crippen molar-refractivity contribution < 1.29 is 14.0 Å². The molecule has 0 bridgehead atoms. The molecule has 0 radical (unpaired) electrons. The lowest BCUT2D eigenvalue weighted by Gasteiger charge is -2.44. The van der Waals surface area contributed by atoms with E-state index < -0.39 is 26.1 Å². The first-order valence-corrected chi connectivity index (χ1v) is 13.1. The highest BCUT2D eigenvalue weighted by atomic mass is 28.4. The summed E-state index contributed by atoms with van der Waals surface area (Å²) in [5, 5.41) is 2.03. The van der Waals surface area contributed by atoms with Crippen molar-refractivity contribution in [1.29, 1.82) is 0 Å². The minimum Gasteiger partial charge on any atom is -0.455 e. The van der Waals surface area contributed by atoms with Gasteiger partial charge >= 0.3 is 5.97 Å². The number of nitrogens with two attached hydrogens (primary N) is 1. The Labute approximate surface area is 198 Å². The maximum absolute atomic E-state index is 12.6. The molecule has 5 nitrogen and oxygen atoms in total. The number of carbonyl (C=O) groups excluding carboxylic acids is 1. The maximum Gasteiger partial charge on any atom is 0.357 e. The second kappa shape index (κ2) is 9.59. The van der Waals surface area contributed by atoms with Crippen LogP contribution in [-0.4, -0.2) is 24.9 Å². The Hall–Kier alpha value is -2.80. The van der Waals surface area contributed by atoms with Crippen LogP contribution in [0.15, 0.2) is 78.9 Å². The van der Waals surface area contributed by atoms with Crippen LogP contribution < -0.4 is 16.1 Å². The number of esters is 1. The highest BCUT2D eigenvalue weighted by Gasteiger charge is 2.51. The molecule has 0 fully saturated rings. The van der Waals surface area contributed by atoms with Crippen molar-refractivity contribution in [2.45, 2.75) is 58.4 Å². The van der Waals surface area contributed by atoms with Gasteiger partial charge in [-0.3, -0.25) is 0 Å². The van der Waals surface area contributed by atoms with E-state index in [9.17, 15) is 4.79 Å². The van der Waals surface area contributed by atoms with Crippen molar-refractivity contribution in [1.82, 2.24) is 4.98 Å². The number of ether oxygens (including phenoxy) is 1. The van der Waals surface area contributed by atoms with E-state index in [1.54, 1.807) is 18.2 Å². The Balaban J connectivity index is 2.06. The Bertz CT molecular complexity index is 1030. The Morgan fingerprint density at radius 3 is 1.79 bits per heavy atom. The van der Waals surface area contributed by atoms with Crippen LogP contribution in [0, 0.1) is 0 Å². The summed E-state index contributed by atoms with van der Waals surface area (Å²) in [7, 11) is -2.86. The van der Waals surface area contributed by atoms with Gasteiger partial charge in [-0.15, -0.1) is 0 Å². The van der Waals surface area contributed by atoms with Gasteiger partial charge in [-0.05, 0) is 48.3 Å². The van der Waals surface area contributed by atoms with Gasteiger partial charge in [0, 0.05) is 0 Å². The monoisotopic (exact) mass is 462 g/mol. The van der Waals surface area contributed by atoms with E-state index in [0.29, 0.717) is 5.69 Å². The minimum absolute atomic E-state index is 0.212. The van der Waals surface area contributed by atoms with Crippen molar-refractivity contribution in [3.63, 3.8) is 0 Å². The van der Waals surface area contributed by atoms with Crippen molar-refractivity contribution in [2.24, 2.45) is 5.73 Å². The summed E-state index contributed by atoms with van der Waals surface area (Å²) < 4.78 is 12.4. The molecule has 0 saturated heterocycles. The number of nitrogens with zero attached hydrogens (tertiary/aromatic N) is 1. The number of hydrogen-bond acceptors (Lipinski definition) is 5. The van der Waals surface area contributed by atoms with E-state index in [-0.39, 0.29) is 10.7 Å². The molecular formula is C27H34N2O3Si. The van der Waals surface area contributed by atoms with Crippen LogP contribution in [0.4, 0.5) is 0 Å². The highest BCUT2D eigenvalue weighted by molar-refractivity contribution is 6.99. The van der Waals surface area contributed by atoms with Crippen LogP contribution in [0.1, 0.15) is 64.0 Å². The van der Waals surface area contributed by atoms with E-state index in [2.05, 4.69) is 50.0 Å². The molecule has 0 aliphatic rings. The molecule has 0 aliphatic heterocycles. The SMILES string of the molecule is CC(C)(C)OC(=O)c1cccc(C(N)O[Si](c2ccccc2)(c2ccccc2)C(C)(C)C)n1. The third-order valence-electron chi connectivity index (χ3n) is 5.39. The van der Waals surface area contributed by atoms with Crippen LogP contribution >= 0.6 is 0 Å². The molecule has 2 N–H and O–H groups in total. The summed E-state index contributed by atoms with van der Waals surface area (Å²) >= 11 is 0. The number of rotatable bonds is 6. The number of carbonyl (C=O) groups is 1. The molecule has 33 heavy (non-hydrogen) atoms. The summed E-state index contributed by atoms with van der Waals surface area (Å²) in [6, 6.07) is 25.8. The fourth-order valence-corrected chi connectivity index (χ4v) is 8.51. The van der Waals surface area contributed by atoms with Crippen LogP contribution in [0.2, 0.25) is 5.04 Å². The standard InChI is InChI=1S/C27H34N2O3Si/c1-26(2,3)31-25(30)23-19-13-18-22(29-23)24(28)32-33(27(4,5)6,20-14-9-7-10-15-20)21-16-11-8-12-17-21/h7-19,24H,28H2,1-6H3. The molecule has 0 aliphatic carbocycles. The van der Waals surface area contributed by atoms with Gasteiger partial charge in [-0.25, -0.2) is 9.78 Å². The lowest BCUT2D eigenvalue weighted by atomic mass is 10.2. The fourth-order valence-electron chi connectivity index (χ4n) is 4.00. The molecule has 2 aromatic carbocycles. The summed E-state index contributed by atoms with van der Waals surface area (Å²) in [5.74, 6) is -0.484. The van der Waals surface area contributed by atoms with Gasteiger partial charge in [-0.1, -0.05) is 87.5 Å². The quantitative estimate of drug-likeness (QED) is 0.330. The molecule has 3 rings (SSSR count). The smallest absolute Gasteiger partial charge is 0.357 e. The molecule has 1 unspecified atom stereocenters. The van der Waals surface area contributed by atoms with Crippen molar-refractivity contribution in [3.8, 4) is 0 Å². The molecule has 6 heteroatoms. The Morgan fingerprint density at radius 1 is 0.818 bits per heavy atom. The first-order chi connectivity index (χ1) is 15.4. The fraction of sp³-hybridized carbons (Fsp3) is 0.333. The average molecular weight is 463 g/mol. The van der Waals surface area contributed by atoms with Gasteiger partial charge in [0.05, 0.1) is 5.69 Å². The van der Waals surface area contributed by atoms with Gasteiger partial charge < -0.3 is 14.9 Å². The molecule has 174 valence electrons. The molecular weight excluding hydrogens is 428 g/mol. The van der Waals surface area contributed by atoms with Crippen LogP contribution in [0.25, 0.3) is 0 Å². The minimum atomic E-state index is -2.86. The predicted molar refractivity (Wildman–Crippen MR) is 135 cm³/mol. The lowest BCUT2D eigenvalue weighted by molar-refractivity contribution is 0.00621. The lowest BCUT2D eigenvalue weighted by Crippen LogP contribution is -2.67. The van der Waals surface area contributed by atoms with Crippen molar-refractivity contribution >= 4 is 24.7 Å². The van der Waals surface area contributed by atoms with Gasteiger partial charge in [0.1, 0.15) is 17.5 Å². The average Bonchev–Trinajstić information content (AvgIpc) is 2.76. The number of benzene rings is 2. The number of aromatic nitrogens is 1. The Kier molecular flexibility index (Phi) is 7.22. The van der Waals surface area contributed by atoms with E-state index in [4.69, 9.17) is 14.9 Å². The van der Waals surface area contributed by atoms with Gasteiger partial charge in [0.15, 0.2) is 0 Å². The topological polar surface area (TPSA) is 74.4 Å². The van der Waals surface area contributed by atoms with Gasteiger partial charge in [-0.2, -0.15) is 0 Å². The summed E-state index contributed by atoms with van der Waals surface area (Å²) in [6.45, 7) is 12.1. The first-order valence-electron chi connectivity index (χ1n) is 11.2. The summed E-state index contributed by atoms with van der Waals surface area (Å²) in [4.78, 5) is 17.1. The van der Waals surface area contributed by atoms with E-state index >= 15 is 0 Å². The summed E-state index contributed by atoms with van der Waals surface area (Å²) in [5.41, 5.74) is 6.74. The third-order valence-corrected chi connectivity index (χ3v) is 10.4. The molecule has 1 aromatic heterocycles. The molecule has 1 atom stereocenters. The van der Waals surface area contributed by atoms with Crippen LogP contribution in [0.3, 0.4) is 0 Å². The zero-order valence-electron chi connectivity index (χ0n) is 20.3. The first kappa shape index (κ1) is 24.8. The normalized spacial score (nSPS) is 13.4. The zero-order chi connectivity index (χ0) is 24.3. The molecule has 3 aromatic rings. The molecule has 0 spiro atoms. The van der Waals surface area contributed by atoms with Crippen LogP contribution in [0.5, 0.6) is 0 Å². The van der Waals surface area contributed by atoms with Gasteiger partial charge in [0.2, 0.25) is 0 Å². The number of pyridine rings is 1. The zero-order valence-corrected chi connectivity index (χ0v) is 21.3. The largest absolute Gasteiger partial charge is 0.455 e. The molecule has 0 saturated carbocycles. The second-order valence-electron chi connectivity index (χ2n) is 10.2. The van der Waals surface area contributed by atoms with Gasteiger partial charge in [0.25, 0.3) is 8.32 Å². The van der Waals surface area contributed by atoms with Crippen LogP contribution in [-0.2, 0) is 9.16 Å². The van der Waals surface area contributed by atoms with E-state index in [0.717, 1.165) is 10.4 Å².